The second-order valence-corrected chi connectivity index (χ2v) is 5.43. The van der Waals surface area contributed by atoms with E-state index in [0.29, 0.717) is 0 Å². The van der Waals surface area contributed by atoms with Crippen LogP contribution in [0.2, 0.25) is 0 Å². The standard InChI is InChI=1S/C15H24N4O2/c1-4-10(5-2)19-13(20)9-12(15(19)21)18-11(6-3)14-16-7-8-17-14/h7-8,10-12,18H,4-6,9H2,1-3H3,(H,16,17). The van der Waals surface area contributed by atoms with Crippen molar-refractivity contribution in [2.75, 3.05) is 0 Å². The summed E-state index contributed by atoms with van der Waals surface area (Å²) < 4.78 is 0. The van der Waals surface area contributed by atoms with Crippen LogP contribution in [0.15, 0.2) is 12.4 Å². The number of hydrogen-bond acceptors (Lipinski definition) is 4. The zero-order chi connectivity index (χ0) is 15.4. The van der Waals surface area contributed by atoms with Crippen molar-refractivity contribution in [3.63, 3.8) is 0 Å². The maximum Gasteiger partial charge on any atom is 0.247 e. The van der Waals surface area contributed by atoms with Crippen LogP contribution in [-0.2, 0) is 9.59 Å². The molecule has 0 aromatic carbocycles. The van der Waals surface area contributed by atoms with Crippen molar-refractivity contribution >= 4 is 11.8 Å². The third-order valence-electron chi connectivity index (χ3n) is 4.15. The number of carbonyl (C=O) groups is 2. The Bertz CT molecular complexity index is 482. The molecule has 1 aliphatic rings. The van der Waals surface area contributed by atoms with E-state index in [9.17, 15) is 9.59 Å². The van der Waals surface area contributed by atoms with E-state index in [0.717, 1.165) is 25.1 Å². The van der Waals surface area contributed by atoms with E-state index in [1.54, 1.807) is 12.4 Å². The van der Waals surface area contributed by atoms with Crippen molar-refractivity contribution < 1.29 is 9.59 Å². The fraction of sp³-hybridized carbons (Fsp3) is 0.667. The number of aromatic amines is 1. The van der Waals surface area contributed by atoms with Crippen LogP contribution in [0.25, 0.3) is 0 Å². The fourth-order valence-electron chi connectivity index (χ4n) is 2.92. The minimum absolute atomic E-state index is 0.0143. The Morgan fingerprint density at radius 3 is 2.57 bits per heavy atom. The maximum absolute atomic E-state index is 12.5. The highest BCUT2D eigenvalue weighted by atomic mass is 16.2. The van der Waals surface area contributed by atoms with Gasteiger partial charge in [-0.3, -0.25) is 19.8 Å². The Balaban J connectivity index is 2.08. The minimum atomic E-state index is -0.437. The summed E-state index contributed by atoms with van der Waals surface area (Å²) >= 11 is 0. The number of aromatic nitrogens is 2. The summed E-state index contributed by atoms with van der Waals surface area (Å²) in [6, 6.07) is -0.461. The second-order valence-electron chi connectivity index (χ2n) is 5.43. The molecular weight excluding hydrogens is 268 g/mol. The number of rotatable bonds is 7. The summed E-state index contributed by atoms with van der Waals surface area (Å²) in [7, 11) is 0. The number of amides is 2. The van der Waals surface area contributed by atoms with Crippen molar-refractivity contribution in [3.8, 4) is 0 Å². The van der Waals surface area contributed by atoms with Crippen LogP contribution in [0.1, 0.15) is 58.3 Å². The molecule has 2 N–H and O–H groups in total. The summed E-state index contributed by atoms with van der Waals surface area (Å²) in [5.41, 5.74) is 0. The lowest BCUT2D eigenvalue weighted by Gasteiger charge is -2.25. The van der Waals surface area contributed by atoms with Crippen LogP contribution in [0, 0.1) is 0 Å². The number of imidazole rings is 1. The molecule has 21 heavy (non-hydrogen) atoms. The van der Waals surface area contributed by atoms with Crippen molar-refractivity contribution in [3.05, 3.63) is 18.2 Å². The molecule has 1 saturated heterocycles. The lowest BCUT2D eigenvalue weighted by Crippen LogP contribution is -2.44. The van der Waals surface area contributed by atoms with E-state index in [4.69, 9.17) is 0 Å². The number of nitrogens with one attached hydrogen (secondary N) is 2. The number of hydrogen-bond donors (Lipinski definition) is 2. The maximum atomic E-state index is 12.5. The molecule has 6 nitrogen and oxygen atoms in total. The first-order valence-corrected chi connectivity index (χ1v) is 7.73. The zero-order valence-corrected chi connectivity index (χ0v) is 12.9. The smallest absolute Gasteiger partial charge is 0.247 e. The molecule has 2 rings (SSSR count). The summed E-state index contributed by atoms with van der Waals surface area (Å²) in [4.78, 5) is 33.4. The van der Waals surface area contributed by atoms with E-state index in [1.165, 1.54) is 4.90 Å². The van der Waals surface area contributed by atoms with E-state index in [-0.39, 0.29) is 30.3 Å². The molecular formula is C15H24N4O2. The molecule has 6 heteroatoms. The van der Waals surface area contributed by atoms with Crippen LogP contribution in [-0.4, -0.2) is 38.8 Å². The SMILES string of the molecule is CCC(NC1CC(=O)N(C(CC)CC)C1=O)c1ncc[nH]1. The molecule has 1 aromatic heterocycles. The van der Waals surface area contributed by atoms with Gasteiger partial charge >= 0.3 is 0 Å². The first-order chi connectivity index (χ1) is 10.1. The van der Waals surface area contributed by atoms with Crippen LogP contribution < -0.4 is 5.32 Å². The number of nitrogens with zero attached hydrogens (tertiary/aromatic N) is 2. The quantitative estimate of drug-likeness (QED) is 0.751. The largest absolute Gasteiger partial charge is 0.347 e. The summed E-state index contributed by atoms with van der Waals surface area (Å²) in [5.74, 6) is 0.637. The Hall–Kier alpha value is -1.69. The third-order valence-corrected chi connectivity index (χ3v) is 4.15. The van der Waals surface area contributed by atoms with Crippen molar-refractivity contribution in [1.82, 2.24) is 20.2 Å². The number of imide groups is 1. The van der Waals surface area contributed by atoms with Gasteiger partial charge in [0.15, 0.2) is 0 Å². The van der Waals surface area contributed by atoms with Gasteiger partial charge in [-0.05, 0) is 19.3 Å². The summed E-state index contributed by atoms with van der Waals surface area (Å²) in [6.07, 6.45) is 6.10. The average molecular weight is 292 g/mol. The monoisotopic (exact) mass is 292 g/mol. The van der Waals surface area contributed by atoms with Gasteiger partial charge in [0.05, 0.1) is 18.5 Å². The molecule has 2 amide bonds. The van der Waals surface area contributed by atoms with E-state index in [2.05, 4.69) is 15.3 Å². The Morgan fingerprint density at radius 2 is 2.05 bits per heavy atom. The first kappa shape index (κ1) is 15.7. The van der Waals surface area contributed by atoms with Gasteiger partial charge in [0, 0.05) is 18.4 Å². The van der Waals surface area contributed by atoms with Crippen LogP contribution >= 0.6 is 0 Å². The van der Waals surface area contributed by atoms with Gasteiger partial charge in [-0.25, -0.2) is 4.98 Å². The average Bonchev–Trinajstić information content (AvgIpc) is 3.09. The van der Waals surface area contributed by atoms with Gasteiger partial charge in [0.25, 0.3) is 0 Å². The lowest BCUT2D eigenvalue weighted by atomic mass is 10.1. The number of H-pyrrole nitrogens is 1. The minimum Gasteiger partial charge on any atom is -0.347 e. The van der Waals surface area contributed by atoms with Gasteiger partial charge < -0.3 is 4.98 Å². The zero-order valence-electron chi connectivity index (χ0n) is 12.9. The van der Waals surface area contributed by atoms with Crippen molar-refractivity contribution in [1.29, 1.82) is 0 Å². The fourth-order valence-corrected chi connectivity index (χ4v) is 2.92. The van der Waals surface area contributed by atoms with Crippen molar-refractivity contribution in [2.45, 2.75) is 64.6 Å². The Morgan fingerprint density at radius 1 is 1.33 bits per heavy atom. The van der Waals surface area contributed by atoms with Crippen LogP contribution in [0.5, 0.6) is 0 Å². The predicted molar refractivity (Wildman–Crippen MR) is 79.4 cm³/mol. The molecule has 0 bridgehead atoms. The molecule has 2 unspecified atom stereocenters. The predicted octanol–water partition coefficient (Wildman–Crippen LogP) is 1.77. The number of carbonyl (C=O) groups excluding carboxylic acids is 2. The molecule has 116 valence electrons. The molecule has 0 aliphatic carbocycles. The molecule has 0 spiro atoms. The van der Waals surface area contributed by atoms with Crippen LogP contribution in [0.4, 0.5) is 0 Å². The molecule has 1 fully saturated rings. The van der Waals surface area contributed by atoms with E-state index >= 15 is 0 Å². The van der Waals surface area contributed by atoms with Crippen LogP contribution in [0.3, 0.4) is 0 Å². The highest BCUT2D eigenvalue weighted by molar-refractivity contribution is 6.05. The highest BCUT2D eigenvalue weighted by Gasteiger charge is 2.42. The molecule has 1 aliphatic heterocycles. The van der Waals surface area contributed by atoms with Gasteiger partial charge in [-0.1, -0.05) is 20.8 Å². The van der Waals surface area contributed by atoms with E-state index in [1.807, 2.05) is 20.8 Å². The van der Waals surface area contributed by atoms with Gasteiger partial charge in [-0.15, -0.1) is 0 Å². The third kappa shape index (κ3) is 3.15. The molecule has 0 radical (unpaired) electrons. The first-order valence-electron chi connectivity index (χ1n) is 7.73. The highest BCUT2D eigenvalue weighted by Crippen LogP contribution is 2.23. The van der Waals surface area contributed by atoms with E-state index < -0.39 is 6.04 Å². The van der Waals surface area contributed by atoms with Gasteiger partial charge in [0.2, 0.25) is 11.8 Å². The topological polar surface area (TPSA) is 78.1 Å². The Kier molecular flexibility index (Phi) is 5.12. The molecule has 0 saturated carbocycles. The summed E-state index contributed by atoms with van der Waals surface area (Å²) in [5, 5.41) is 3.28. The molecule has 1 aromatic rings. The molecule has 2 heterocycles. The number of likely N-dealkylation sites (tertiary alicyclic amines) is 1. The van der Waals surface area contributed by atoms with Gasteiger partial charge in [0.1, 0.15) is 5.82 Å². The Labute approximate surface area is 125 Å². The normalized spacial score (nSPS) is 20.6. The summed E-state index contributed by atoms with van der Waals surface area (Å²) in [6.45, 7) is 6.04. The van der Waals surface area contributed by atoms with Gasteiger partial charge in [-0.2, -0.15) is 0 Å². The lowest BCUT2D eigenvalue weighted by molar-refractivity contribution is -0.141. The molecule has 2 atom stereocenters. The van der Waals surface area contributed by atoms with Crippen molar-refractivity contribution in [2.24, 2.45) is 0 Å². The second kappa shape index (κ2) is 6.85.